The van der Waals surface area contributed by atoms with E-state index in [2.05, 4.69) is 10.1 Å². The minimum absolute atomic E-state index is 0.170. The Morgan fingerprint density at radius 2 is 2.29 bits per heavy atom. The van der Waals surface area contributed by atoms with E-state index in [1.807, 2.05) is 18.2 Å². The molecule has 1 amide bonds. The first-order valence-corrected chi connectivity index (χ1v) is 6.97. The van der Waals surface area contributed by atoms with Crippen molar-refractivity contribution in [3.05, 3.63) is 35.4 Å². The van der Waals surface area contributed by atoms with Gasteiger partial charge in [0.2, 0.25) is 5.91 Å². The van der Waals surface area contributed by atoms with Gasteiger partial charge in [-0.2, -0.15) is 0 Å². The van der Waals surface area contributed by atoms with Crippen LogP contribution in [-0.4, -0.2) is 32.1 Å². The SMILES string of the molecule is COC(=O)CCCNC(=O)/C=C/c1ccc2c(c1)CCO2. The summed E-state index contributed by atoms with van der Waals surface area (Å²) in [6, 6.07) is 5.88. The molecule has 0 fully saturated rings. The van der Waals surface area contributed by atoms with Gasteiger partial charge in [0.15, 0.2) is 0 Å². The Bertz CT molecular complexity index is 551. The second-order valence-corrected chi connectivity index (χ2v) is 4.77. The molecular formula is C16H19NO4. The molecule has 1 aromatic carbocycles. The van der Waals surface area contributed by atoms with E-state index in [0.29, 0.717) is 19.4 Å². The number of esters is 1. The monoisotopic (exact) mass is 289 g/mol. The van der Waals surface area contributed by atoms with Gasteiger partial charge in [-0.15, -0.1) is 0 Å². The summed E-state index contributed by atoms with van der Waals surface area (Å²) < 4.78 is 9.96. The predicted molar refractivity (Wildman–Crippen MR) is 78.9 cm³/mol. The first-order valence-electron chi connectivity index (χ1n) is 6.97. The fourth-order valence-corrected chi connectivity index (χ4v) is 2.09. The third-order valence-corrected chi connectivity index (χ3v) is 3.23. The number of carbonyl (C=O) groups is 2. The van der Waals surface area contributed by atoms with Gasteiger partial charge in [-0.3, -0.25) is 9.59 Å². The van der Waals surface area contributed by atoms with E-state index in [-0.39, 0.29) is 11.9 Å². The summed E-state index contributed by atoms with van der Waals surface area (Å²) in [6.45, 7) is 1.18. The first-order chi connectivity index (χ1) is 10.2. The molecule has 2 rings (SSSR count). The van der Waals surface area contributed by atoms with Gasteiger partial charge in [-0.25, -0.2) is 0 Å². The number of nitrogens with one attached hydrogen (secondary N) is 1. The van der Waals surface area contributed by atoms with Crippen molar-refractivity contribution in [1.82, 2.24) is 5.32 Å². The van der Waals surface area contributed by atoms with Crippen LogP contribution in [0.1, 0.15) is 24.0 Å². The Labute approximate surface area is 123 Å². The molecule has 0 aromatic heterocycles. The van der Waals surface area contributed by atoms with Crippen molar-refractivity contribution in [3.63, 3.8) is 0 Å². The third-order valence-electron chi connectivity index (χ3n) is 3.23. The number of amides is 1. The van der Waals surface area contributed by atoms with Gasteiger partial charge in [-0.1, -0.05) is 6.07 Å². The molecule has 0 saturated heterocycles. The molecule has 1 heterocycles. The number of ether oxygens (including phenoxy) is 2. The Balaban J connectivity index is 1.76. The lowest BCUT2D eigenvalue weighted by Gasteiger charge is -2.02. The van der Waals surface area contributed by atoms with E-state index >= 15 is 0 Å². The van der Waals surface area contributed by atoms with E-state index in [1.54, 1.807) is 6.08 Å². The molecule has 0 bridgehead atoms. The Kier molecular flexibility index (Phi) is 5.37. The van der Waals surface area contributed by atoms with Crippen molar-refractivity contribution in [1.29, 1.82) is 0 Å². The molecule has 5 heteroatoms. The predicted octanol–water partition coefficient (Wildman–Crippen LogP) is 1.70. The summed E-state index contributed by atoms with van der Waals surface area (Å²) in [5.41, 5.74) is 2.15. The number of carbonyl (C=O) groups excluding carboxylic acids is 2. The van der Waals surface area contributed by atoms with Gasteiger partial charge in [-0.05, 0) is 35.8 Å². The van der Waals surface area contributed by atoms with Crippen LogP contribution in [0, 0.1) is 0 Å². The fourth-order valence-electron chi connectivity index (χ4n) is 2.09. The first kappa shape index (κ1) is 15.1. The zero-order chi connectivity index (χ0) is 15.1. The molecule has 0 saturated carbocycles. The number of fused-ring (bicyclic) bond motifs is 1. The zero-order valence-electron chi connectivity index (χ0n) is 12.1. The molecule has 1 N–H and O–H groups in total. The van der Waals surface area contributed by atoms with Crippen LogP contribution in [0.25, 0.3) is 6.08 Å². The number of rotatable bonds is 6. The standard InChI is InChI=1S/C16H19NO4/c1-20-16(19)3-2-9-17-15(18)7-5-12-4-6-14-13(11-12)8-10-21-14/h4-7,11H,2-3,8-10H2,1H3,(H,17,18)/b7-5+. The topological polar surface area (TPSA) is 64.6 Å². The van der Waals surface area contributed by atoms with Gasteiger partial charge >= 0.3 is 5.97 Å². The van der Waals surface area contributed by atoms with Crippen molar-refractivity contribution < 1.29 is 19.1 Å². The van der Waals surface area contributed by atoms with Crippen LogP contribution in [0.3, 0.4) is 0 Å². The van der Waals surface area contributed by atoms with Crippen LogP contribution >= 0.6 is 0 Å². The van der Waals surface area contributed by atoms with Crippen molar-refractivity contribution in [2.75, 3.05) is 20.3 Å². The van der Waals surface area contributed by atoms with E-state index in [0.717, 1.165) is 24.3 Å². The summed E-state index contributed by atoms with van der Waals surface area (Å²) in [5, 5.41) is 2.73. The molecule has 0 aliphatic carbocycles. The Morgan fingerprint density at radius 3 is 3.10 bits per heavy atom. The normalized spacial score (nSPS) is 12.8. The van der Waals surface area contributed by atoms with Crippen molar-refractivity contribution in [2.24, 2.45) is 0 Å². The Hall–Kier alpha value is -2.30. The lowest BCUT2D eigenvalue weighted by Crippen LogP contribution is -2.22. The molecule has 21 heavy (non-hydrogen) atoms. The van der Waals surface area contributed by atoms with E-state index in [1.165, 1.54) is 18.7 Å². The lowest BCUT2D eigenvalue weighted by atomic mass is 10.1. The Morgan fingerprint density at radius 1 is 1.43 bits per heavy atom. The number of hydrogen-bond donors (Lipinski definition) is 1. The number of hydrogen-bond acceptors (Lipinski definition) is 4. The molecule has 0 atom stereocenters. The average Bonchev–Trinajstić information content (AvgIpc) is 2.96. The molecule has 1 aromatic rings. The van der Waals surface area contributed by atoms with Gasteiger partial charge in [0.05, 0.1) is 13.7 Å². The highest BCUT2D eigenvalue weighted by atomic mass is 16.5. The quantitative estimate of drug-likeness (QED) is 0.492. The highest BCUT2D eigenvalue weighted by Gasteiger charge is 2.11. The molecule has 1 aliphatic heterocycles. The van der Waals surface area contributed by atoms with Crippen LogP contribution in [0.2, 0.25) is 0 Å². The minimum atomic E-state index is -0.264. The van der Waals surface area contributed by atoms with Crippen molar-refractivity contribution >= 4 is 18.0 Å². The van der Waals surface area contributed by atoms with Gasteiger partial charge in [0.25, 0.3) is 0 Å². The van der Waals surface area contributed by atoms with Crippen LogP contribution in [0.15, 0.2) is 24.3 Å². The maximum atomic E-state index is 11.6. The van der Waals surface area contributed by atoms with Gasteiger partial charge < -0.3 is 14.8 Å². The highest BCUT2D eigenvalue weighted by Crippen LogP contribution is 2.26. The third kappa shape index (κ3) is 4.63. The lowest BCUT2D eigenvalue weighted by molar-refractivity contribution is -0.140. The van der Waals surface area contributed by atoms with Crippen LogP contribution in [-0.2, 0) is 20.7 Å². The molecule has 0 radical (unpaired) electrons. The fraction of sp³-hybridized carbons (Fsp3) is 0.375. The molecule has 1 aliphatic rings. The van der Waals surface area contributed by atoms with Crippen molar-refractivity contribution in [3.8, 4) is 5.75 Å². The second kappa shape index (κ2) is 7.47. The summed E-state index contributed by atoms with van der Waals surface area (Å²) in [4.78, 5) is 22.5. The maximum Gasteiger partial charge on any atom is 0.305 e. The molecule has 0 spiro atoms. The smallest absolute Gasteiger partial charge is 0.305 e. The summed E-state index contributed by atoms with van der Waals surface area (Å²) >= 11 is 0. The molecule has 5 nitrogen and oxygen atoms in total. The highest BCUT2D eigenvalue weighted by molar-refractivity contribution is 5.91. The summed E-state index contributed by atoms with van der Waals surface area (Å²) in [6.07, 6.45) is 5.06. The van der Waals surface area contributed by atoms with Gasteiger partial charge in [0, 0.05) is 25.5 Å². The summed E-state index contributed by atoms with van der Waals surface area (Å²) in [5.74, 6) is 0.496. The average molecular weight is 289 g/mol. The van der Waals surface area contributed by atoms with Crippen molar-refractivity contribution in [2.45, 2.75) is 19.3 Å². The van der Waals surface area contributed by atoms with E-state index < -0.39 is 0 Å². The van der Waals surface area contributed by atoms with E-state index in [4.69, 9.17) is 4.74 Å². The van der Waals surface area contributed by atoms with Gasteiger partial charge in [0.1, 0.15) is 5.75 Å². The zero-order valence-corrected chi connectivity index (χ0v) is 12.1. The maximum absolute atomic E-state index is 11.6. The second-order valence-electron chi connectivity index (χ2n) is 4.77. The molecule has 0 unspecified atom stereocenters. The number of benzene rings is 1. The summed E-state index contributed by atoms with van der Waals surface area (Å²) in [7, 11) is 1.35. The van der Waals surface area contributed by atoms with Crippen LogP contribution in [0.4, 0.5) is 0 Å². The van der Waals surface area contributed by atoms with Crippen LogP contribution in [0.5, 0.6) is 5.75 Å². The van der Waals surface area contributed by atoms with E-state index in [9.17, 15) is 9.59 Å². The minimum Gasteiger partial charge on any atom is -0.493 e. The largest absolute Gasteiger partial charge is 0.493 e. The molecule has 112 valence electrons. The number of methoxy groups -OCH3 is 1. The molecular weight excluding hydrogens is 270 g/mol. The van der Waals surface area contributed by atoms with Crippen LogP contribution < -0.4 is 10.1 Å².